The van der Waals surface area contributed by atoms with Crippen LogP contribution >= 0.6 is 0 Å². The van der Waals surface area contributed by atoms with Crippen LogP contribution in [0.15, 0.2) is 109 Å². The van der Waals surface area contributed by atoms with E-state index < -0.39 is 6.10 Å². The number of carbonyl (C=O) groups excluding carboxylic acids is 3. The molecule has 0 aromatic rings. The van der Waals surface area contributed by atoms with Gasteiger partial charge in [0.1, 0.15) is 13.2 Å². The second-order valence-corrected chi connectivity index (χ2v) is 18.5. The van der Waals surface area contributed by atoms with Gasteiger partial charge in [-0.05, 0) is 128 Å². The van der Waals surface area contributed by atoms with Crippen molar-refractivity contribution < 1.29 is 28.6 Å². The van der Waals surface area contributed by atoms with Gasteiger partial charge in [-0.3, -0.25) is 14.4 Å². The van der Waals surface area contributed by atoms with E-state index >= 15 is 0 Å². The van der Waals surface area contributed by atoms with Crippen LogP contribution < -0.4 is 0 Å². The summed E-state index contributed by atoms with van der Waals surface area (Å²) in [6, 6.07) is 0. The van der Waals surface area contributed by atoms with Crippen molar-refractivity contribution in [3.63, 3.8) is 0 Å². The molecular formula is C63H104O6. The minimum Gasteiger partial charge on any atom is -0.462 e. The molecule has 0 fully saturated rings. The van der Waals surface area contributed by atoms with Crippen LogP contribution in [0.2, 0.25) is 0 Å². The van der Waals surface area contributed by atoms with Crippen molar-refractivity contribution in [2.24, 2.45) is 0 Å². The van der Waals surface area contributed by atoms with Crippen molar-refractivity contribution in [2.75, 3.05) is 13.2 Å². The van der Waals surface area contributed by atoms with Crippen LogP contribution in [0.4, 0.5) is 0 Å². The molecule has 0 aliphatic carbocycles. The molecule has 0 aromatic carbocycles. The minimum atomic E-state index is -0.805. The Morgan fingerprint density at radius 1 is 0.304 bits per heavy atom. The molecule has 0 saturated heterocycles. The number of ether oxygens (including phenoxy) is 3. The lowest BCUT2D eigenvalue weighted by Gasteiger charge is -2.18. The van der Waals surface area contributed by atoms with E-state index in [1.165, 1.54) is 77.0 Å². The maximum absolute atomic E-state index is 12.9. The first-order valence-electron chi connectivity index (χ1n) is 28.4. The standard InChI is InChI=1S/C63H104O6/c1-4-7-10-13-16-19-22-25-27-29-31-33-35-38-41-44-47-50-53-56-62(65)68-59-60(58-67-61(64)55-52-49-46-43-40-37-24-21-18-15-12-9-6-3)69-63(66)57-54-51-48-45-42-39-36-34-32-30-28-26-23-20-17-14-11-8-5-2/h9,12,16-21,25-28,31-34,37,40,60H,4-8,10-11,13-15,22-24,29-30,35-36,38-39,41-59H2,1-3H3/b12-9-,19-16-,20-17-,21-18-,27-25-,28-26-,33-31-,34-32-,40-37-. The van der Waals surface area contributed by atoms with Crippen LogP contribution in [0.25, 0.3) is 0 Å². The third-order valence-corrected chi connectivity index (χ3v) is 11.7. The average molecular weight is 958 g/mol. The Bertz CT molecular complexity index is 1420. The number of unbranched alkanes of at least 4 members (excludes halogenated alkanes) is 21. The summed E-state index contributed by atoms with van der Waals surface area (Å²) in [5, 5.41) is 0. The van der Waals surface area contributed by atoms with Crippen molar-refractivity contribution in [3.05, 3.63) is 109 Å². The predicted molar refractivity (Wildman–Crippen MR) is 297 cm³/mol. The molecule has 0 bridgehead atoms. The summed E-state index contributed by atoms with van der Waals surface area (Å²) in [6.07, 6.45) is 76.4. The zero-order valence-corrected chi connectivity index (χ0v) is 44.8. The van der Waals surface area contributed by atoms with Crippen LogP contribution in [0, 0.1) is 0 Å². The molecule has 1 atom stereocenters. The lowest BCUT2D eigenvalue weighted by atomic mass is 10.1. The third-order valence-electron chi connectivity index (χ3n) is 11.7. The fourth-order valence-electron chi connectivity index (χ4n) is 7.47. The van der Waals surface area contributed by atoms with Crippen molar-refractivity contribution in [3.8, 4) is 0 Å². The van der Waals surface area contributed by atoms with Gasteiger partial charge in [-0.2, -0.15) is 0 Å². The summed E-state index contributed by atoms with van der Waals surface area (Å²) in [7, 11) is 0. The molecule has 0 rings (SSSR count). The molecule has 0 radical (unpaired) electrons. The van der Waals surface area contributed by atoms with Crippen LogP contribution in [-0.4, -0.2) is 37.2 Å². The molecule has 0 heterocycles. The van der Waals surface area contributed by atoms with Gasteiger partial charge in [-0.1, -0.05) is 214 Å². The summed E-state index contributed by atoms with van der Waals surface area (Å²) in [5.74, 6) is -0.957. The molecule has 6 heteroatoms. The molecule has 69 heavy (non-hydrogen) atoms. The maximum atomic E-state index is 12.9. The third kappa shape index (κ3) is 54.9. The Morgan fingerprint density at radius 2 is 0.565 bits per heavy atom. The van der Waals surface area contributed by atoms with E-state index in [0.717, 1.165) is 135 Å². The van der Waals surface area contributed by atoms with E-state index in [1.54, 1.807) is 0 Å². The van der Waals surface area contributed by atoms with Crippen molar-refractivity contribution >= 4 is 17.9 Å². The minimum absolute atomic E-state index is 0.102. The molecule has 0 N–H and O–H groups in total. The van der Waals surface area contributed by atoms with Crippen LogP contribution in [0.1, 0.15) is 252 Å². The molecule has 0 amide bonds. The fourth-order valence-corrected chi connectivity index (χ4v) is 7.47. The first kappa shape index (κ1) is 65.1. The predicted octanol–water partition coefficient (Wildman–Crippen LogP) is 19.1. The van der Waals surface area contributed by atoms with Gasteiger partial charge in [0.25, 0.3) is 0 Å². The quantitative estimate of drug-likeness (QED) is 0.0262. The topological polar surface area (TPSA) is 78.9 Å². The molecule has 0 saturated carbocycles. The lowest BCUT2D eigenvalue weighted by Crippen LogP contribution is -2.30. The zero-order valence-electron chi connectivity index (χ0n) is 44.8. The second kappa shape index (κ2) is 56.7. The highest BCUT2D eigenvalue weighted by Gasteiger charge is 2.19. The molecule has 0 spiro atoms. The van der Waals surface area contributed by atoms with Gasteiger partial charge in [-0.25, -0.2) is 0 Å². The molecule has 0 aromatic heterocycles. The number of hydrogen-bond donors (Lipinski definition) is 0. The summed E-state index contributed by atoms with van der Waals surface area (Å²) in [6.45, 7) is 6.42. The van der Waals surface area contributed by atoms with Gasteiger partial charge in [0.05, 0.1) is 0 Å². The van der Waals surface area contributed by atoms with E-state index in [4.69, 9.17) is 14.2 Å². The molecule has 0 aliphatic rings. The Kier molecular flexibility index (Phi) is 53.4. The number of rotatable bonds is 50. The zero-order chi connectivity index (χ0) is 50.0. The first-order valence-corrected chi connectivity index (χ1v) is 28.4. The SMILES string of the molecule is CC/C=C\C/C=C\C/C=C\CCCCCC(=O)OCC(COC(=O)CCCCCCCC/C=C\C/C=C\C/C=C\CCCCC)OC(=O)CCCCCCCC/C=C\C/C=C\C/C=C\CCCCC. The smallest absolute Gasteiger partial charge is 0.306 e. The fraction of sp³-hybridized carbons (Fsp3) is 0.667. The van der Waals surface area contributed by atoms with Crippen LogP contribution in [-0.2, 0) is 28.6 Å². The Balaban J connectivity index is 4.47. The number of hydrogen-bond acceptors (Lipinski definition) is 6. The molecule has 6 nitrogen and oxygen atoms in total. The maximum Gasteiger partial charge on any atom is 0.306 e. The monoisotopic (exact) mass is 957 g/mol. The van der Waals surface area contributed by atoms with E-state index in [2.05, 4.69) is 130 Å². The second-order valence-electron chi connectivity index (χ2n) is 18.5. The van der Waals surface area contributed by atoms with Gasteiger partial charge in [0.15, 0.2) is 6.10 Å². The lowest BCUT2D eigenvalue weighted by molar-refractivity contribution is -0.167. The molecule has 392 valence electrons. The average Bonchev–Trinajstić information content (AvgIpc) is 3.35. The summed E-state index contributed by atoms with van der Waals surface area (Å²) in [4.78, 5) is 38.1. The van der Waals surface area contributed by atoms with Crippen LogP contribution in [0.5, 0.6) is 0 Å². The van der Waals surface area contributed by atoms with E-state index in [1.807, 2.05) is 0 Å². The summed E-state index contributed by atoms with van der Waals surface area (Å²) in [5.41, 5.74) is 0. The Hall–Kier alpha value is -3.93. The van der Waals surface area contributed by atoms with Gasteiger partial charge >= 0.3 is 17.9 Å². The number of carbonyl (C=O) groups is 3. The highest BCUT2D eigenvalue weighted by molar-refractivity contribution is 5.71. The largest absolute Gasteiger partial charge is 0.462 e. The van der Waals surface area contributed by atoms with Gasteiger partial charge < -0.3 is 14.2 Å². The van der Waals surface area contributed by atoms with Gasteiger partial charge in [0.2, 0.25) is 0 Å². The summed E-state index contributed by atoms with van der Waals surface area (Å²) >= 11 is 0. The van der Waals surface area contributed by atoms with Gasteiger partial charge in [-0.15, -0.1) is 0 Å². The Labute approximate surface area is 425 Å². The van der Waals surface area contributed by atoms with Crippen LogP contribution in [0.3, 0.4) is 0 Å². The highest BCUT2D eigenvalue weighted by atomic mass is 16.6. The van der Waals surface area contributed by atoms with Gasteiger partial charge in [0, 0.05) is 19.3 Å². The van der Waals surface area contributed by atoms with Crippen molar-refractivity contribution in [1.82, 2.24) is 0 Å². The normalized spacial score (nSPS) is 12.9. The van der Waals surface area contributed by atoms with E-state index in [-0.39, 0.29) is 31.1 Å². The van der Waals surface area contributed by atoms with E-state index in [9.17, 15) is 14.4 Å². The summed E-state index contributed by atoms with van der Waals surface area (Å²) < 4.78 is 16.8. The first-order chi connectivity index (χ1) is 34.0. The molecular weight excluding hydrogens is 853 g/mol. The number of allylic oxidation sites excluding steroid dienone is 18. The van der Waals surface area contributed by atoms with Crippen molar-refractivity contribution in [1.29, 1.82) is 0 Å². The molecule has 0 aliphatic heterocycles. The number of esters is 3. The van der Waals surface area contributed by atoms with E-state index in [0.29, 0.717) is 19.3 Å². The van der Waals surface area contributed by atoms with Crippen molar-refractivity contribution in [2.45, 2.75) is 258 Å². The highest BCUT2D eigenvalue weighted by Crippen LogP contribution is 2.13. The Morgan fingerprint density at radius 3 is 0.899 bits per heavy atom. The molecule has 1 unspecified atom stereocenters.